The van der Waals surface area contributed by atoms with Crippen molar-refractivity contribution in [3.63, 3.8) is 0 Å². The number of nitrogens with two attached hydrogens (primary N) is 1. The molecule has 3 nitrogen and oxygen atoms in total. The number of nitrogens with one attached hydrogen (secondary N) is 1. The molecule has 0 fully saturated rings. The summed E-state index contributed by atoms with van der Waals surface area (Å²) in [6, 6.07) is 11.7. The molecule has 0 aliphatic heterocycles. The van der Waals surface area contributed by atoms with Gasteiger partial charge in [0.15, 0.2) is 0 Å². The van der Waals surface area contributed by atoms with Gasteiger partial charge in [-0.25, -0.2) is 4.39 Å². The summed E-state index contributed by atoms with van der Waals surface area (Å²) in [6.45, 7) is 0.324. The predicted octanol–water partition coefficient (Wildman–Crippen LogP) is 3.10. The molecule has 0 unspecified atom stereocenters. The molecule has 0 spiro atoms. The number of benzene rings is 2. The highest BCUT2D eigenvalue weighted by atomic mass is 79.9. The summed E-state index contributed by atoms with van der Waals surface area (Å²) in [5, 5.41) is 2.66. The normalized spacial score (nSPS) is 10.2. The lowest BCUT2D eigenvalue weighted by Gasteiger charge is -2.07. The lowest BCUT2D eigenvalue weighted by molar-refractivity contribution is 0.0946. The van der Waals surface area contributed by atoms with E-state index in [1.54, 1.807) is 24.3 Å². The Bertz CT molecular complexity index is 599. The van der Waals surface area contributed by atoms with E-state index >= 15 is 0 Å². The van der Waals surface area contributed by atoms with Crippen molar-refractivity contribution in [2.24, 2.45) is 0 Å². The van der Waals surface area contributed by atoms with Gasteiger partial charge in [0.25, 0.3) is 5.91 Å². The molecule has 0 aliphatic rings. The molecule has 5 heteroatoms. The molecule has 2 aromatic rings. The van der Waals surface area contributed by atoms with Crippen LogP contribution in [0.25, 0.3) is 0 Å². The van der Waals surface area contributed by atoms with Gasteiger partial charge >= 0.3 is 0 Å². The molecule has 0 aromatic heterocycles. The Balaban J connectivity index is 2.05. The summed E-state index contributed by atoms with van der Waals surface area (Å²) in [5.41, 5.74) is 7.15. The number of hydrogen-bond donors (Lipinski definition) is 2. The number of anilines is 1. The third-order valence-electron chi connectivity index (χ3n) is 2.63. The van der Waals surface area contributed by atoms with Crippen LogP contribution in [0.15, 0.2) is 46.9 Å². The van der Waals surface area contributed by atoms with Crippen molar-refractivity contribution in [3.05, 3.63) is 63.9 Å². The summed E-state index contributed by atoms with van der Waals surface area (Å²) < 4.78 is 14.0. The molecule has 0 radical (unpaired) electrons. The zero-order valence-electron chi connectivity index (χ0n) is 9.99. The van der Waals surface area contributed by atoms with Gasteiger partial charge in [-0.1, -0.05) is 18.2 Å². The minimum atomic E-state index is -0.558. The highest BCUT2D eigenvalue weighted by Gasteiger charge is 2.13. The van der Waals surface area contributed by atoms with Gasteiger partial charge in [0.1, 0.15) is 5.82 Å². The maximum absolute atomic E-state index is 13.7. The SMILES string of the molecule is Nc1ccc(CNC(=O)c2cccc(Br)c2F)cc1. The number of hydrogen-bond acceptors (Lipinski definition) is 2. The van der Waals surface area contributed by atoms with Gasteiger partial charge < -0.3 is 11.1 Å². The number of nitrogen functional groups attached to an aromatic ring is 1. The van der Waals surface area contributed by atoms with Crippen molar-refractivity contribution < 1.29 is 9.18 Å². The minimum absolute atomic E-state index is 0.0184. The molecule has 3 N–H and O–H groups in total. The van der Waals surface area contributed by atoms with E-state index in [-0.39, 0.29) is 10.0 Å². The number of carbonyl (C=O) groups excluding carboxylic acids is 1. The van der Waals surface area contributed by atoms with Gasteiger partial charge in [0.05, 0.1) is 10.0 Å². The average Bonchev–Trinajstić information content (AvgIpc) is 2.41. The highest BCUT2D eigenvalue weighted by Crippen LogP contribution is 2.18. The topological polar surface area (TPSA) is 55.1 Å². The molecule has 19 heavy (non-hydrogen) atoms. The Kier molecular flexibility index (Phi) is 4.16. The summed E-state index contributed by atoms with van der Waals surface area (Å²) >= 11 is 3.05. The number of amides is 1. The third-order valence-corrected chi connectivity index (χ3v) is 3.24. The Morgan fingerprint density at radius 1 is 1.21 bits per heavy atom. The van der Waals surface area contributed by atoms with Gasteiger partial charge in [-0.2, -0.15) is 0 Å². The van der Waals surface area contributed by atoms with E-state index in [0.717, 1.165) is 5.56 Å². The Morgan fingerprint density at radius 2 is 1.89 bits per heavy atom. The molecular formula is C14H12BrFN2O. The Hall–Kier alpha value is -1.88. The molecule has 1 amide bonds. The first kappa shape index (κ1) is 13.5. The maximum Gasteiger partial charge on any atom is 0.254 e. The second-order valence-electron chi connectivity index (χ2n) is 4.03. The predicted molar refractivity (Wildman–Crippen MR) is 76.1 cm³/mol. The fraction of sp³-hybridized carbons (Fsp3) is 0.0714. The van der Waals surface area contributed by atoms with Crippen LogP contribution in [0.3, 0.4) is 0 Å². The molecular weight excluding hydrogens is 311 g/mol. The van der Waals surface area contributed by atoms with Crippen LogP contribution >= 0.6 is 15.9 Å². The first-order valence-corrected chi connectivity index (χ1v) is 6.44. The minimum Gasteiger partial charge on any atom is -0.399 e. The molecule has 98 valence electrons. The van der Waals surface area contributed by atoms with Crippen molar-refractivity contribution in [1.82, 2.24) is 5.32 Å². The van der Waals surface area contributed by atoms with Crippen LogP contribution in [0.5, 0.6) is 0 Å². The lowest BCUT2D eigenvalue weighted by Crippen LogP contribution is -2.23. The van der Waals surface area contributed by atoms with Crippen LogP contribution in [-0.4, -0.2) is 5.91 Å². The van der Waals surface area contributed by atoms with Crippen LogP contribution in [0.1, 0.15) is 15.9 Å². The molecule has 0 saturated carbocycles. The smallest absolute Gasteiger partial charge is 0.254 e. The van der Waals surface area contributed by atoms with Crippen molar-refractivity contribution in [1.29, 1.82) is 0 Å². The summed E-state index contributed by atoms with van der Waals surface area (Å²) in [7, 11) is 0. The van der Waals surface area contributed by atoms with Gasteiger partial charge in [-0.3, -0.25) is 4.79 Å². The van der Waals surface area contributed by atoms with Gasteiger partial charge in [0, 0.05) is 12.2 Å². The number of halogens is 2. The van der Waals surface area contributed by atoms with Gasteiger partial charge in [0.2, 0.25) is 0 Å². The van der Waals surface area contributed by atoms with E-state index in [9.17, 15) is 9.18 Å². The van der Waals surface area contributed by atoms with Crippen molar-refractivity contribution in [3.8, 4) is 0 Å². The van der Waals surface area contributed by atoms with E-state index in [0.29, 0.717) is 12.2 Å². The van der Waals surface area contributed by atoms with E-state index < -0.39 is 11.7 Å². The largest absolute Gasteiger partial charge is 0.399 e. The first-order chi connectivity index (χ1) is 9.08. The highest BCUT2D eigenvalue weighted by molar-refractivity contribution is 9.10. The van der Waals surface area contributed by atoms with Crippen LogP contribution < -0.4 is 11.1 Å². The van der Waals surface area contributed by atoms with Crippen LogP contribution in [-0.2, 0) is 6.54 Å². The molecule has 0 saturated heterocycles. The molecule has 0 bridgehead atoms. The van der Waals surface area contributed by atoms with Crippen molar-refractivity contribution in [2.75, 3.05) is 5.73 Å². The second kappa shape index (κ2) is 5.84. The maximum atomic E-state index is 13.7. The van der Waals surface area contributed by atoms with E-state index in [2.05, 4.69) is 21.2 Å². The lowest BCUT2D eigenvalue weighted by atomic mass is 10.1. The van der Waals surface area contributed by atoms with Crippen LogP contribution in [0.4, 0.5) is 10.1 Å². The van der Waals surface area contributed by atoms with E-state index in [4.69, 9.17) is 5.73 Å². The van der Waals surface area contributed by atoms with Crippen molar-refractivity contribution >= 4 is 27.5 Å². The molecule has 0 aliphatic carbocycles. The second-order valence-corrected chi connectivity index (χ2v) is 4.88. The van der Waals surface area contributed by atoms with E-state index in [1.165, 1.54) is 6.07 Å². The summed E-state index contributed by atoms with van der Waals surface area (Å²) in [5.74, 6) is -1.01. The zero-order valence-corrected chi connectivity index (χ0v) is 11.6. The monoisotopic (exact) mass is 322 g/mol. The van der Waals surface area contributed by atoms with Gasteiger partial charge in [-0.05, 0) is 45.8 Å². The van der Waals surface area contributed by atoms with Crippen LogP contribution in [0.2, 0.25) is 0 Å². The third kappa shape index (κ3) is 3.32. The molecule has 0 atom stereocenters. The quantitative estimate of drug-likeness (QED) is 0.853. The first-order valence-electron chi connectivity index (χ1n) is 5.64. The molecule has 2 rings (SSSR count). The van der Waals surface area contributed by atoms with Crippen LogP contribution in [0, 0.1) is 5.82 Å². The van der Waals surface area contributed by atoms with Crippen molar-refractivity contribution in [2.45, 2.75) is 6.54 Å². The number of carbonyl (C=O) groups is 1. The molecule has 0 heterocycles. The fourth-order valence-corrected chi connectivity index (χ4v) is 1.96. The number of rotatable bonds is 3. The summed E-state index contributed by atoms with van der Waals surface area (Å²) in [6.07, 6.45) is 0. The standard InChI is InChI=1S/C14H12BrFN2O/c15-12-3-1-2-11(13(12)16)14(19)18-8-9-4-6-10(17)7-5-9/h1-7H,8,17H2,(H,18,19). The Labute approximate surface area is 118 Å². The van der Waals surface area contributed by atoms with Gasteiger partial charge in [-0.15, -0.1) is 0 Å². The zero-order chi connectivity index (χ0) is 13.8. The Morgan fingerprint density at radius 3 is 2.58 bits per heavy atom. The fourth-order valence-electron chi connectivity index (χ4n) is 1.59. The summed E-state index contributed by atoms with van der Waals surface area (Å²) in [4.78, 5) is 11.9. The molecule has 2 aromatic carbocycles. The average molecular weight is 323 g/mol. The van der Waals surface area contributed by atoms with E-state index in [1.807, 2.05) is 12.1 Å².